The highest BCUT2D eigenvalue weighted by atomic mass is 32.1. The molecule has 0 aromatic carbocycles. The lowest BCUT2D eigenvalue weighted by Crippen LogP contribution is -2.47. The Balaban J connectivity index is 2.13. The molecule has 1 heterocycles. The maximum atomic E-state index is 13.1. The van der Waals surface area contributed by atoms with Gasteiger partial charge in [0.2, 0.25) is 0 Å². The van der Waals surface area contributed by atoms with Crippen LogP contribution in [0.5, 0.6) is 0 Å². The molecule has 4 nitrogen and oxygen atoms in total. The number of ether oxygens (including phenoxy) is 1. The predicted molar refractivity (Wildman–Crippen MR) is 81.5 cm³/mol. The Morgan fingerprint density at radius 3 is 2.65 bits per heavy atom. The van der Waals surface area contributed by atoms with Crippen molar-refractivity contribution in [2.45, 2.75) is 57.9 Å². The minimum Gasteiger partial charge on any atom is -0.375 e. The number of hydrogen-bond donors (Lipinski definition) is 1. The fraction of sp³-hybridized carbons (Fsp3) is 0.733. The van der Waals surface area contributed by atoms with Gasteiger partial charge in [-0.2, -0.15) is 13.2 Å². The Morgan fingerprint density at radius 2 is 2.04 bits per heavy atom. The lowest BCUT2D eigenvalue weighted by atomic mass is 9.84. The van der Waals surface area contributed by atoms with Crippen LogP contribution in [-0.2, 0) is 4.74 Å². The van der Waals surface area contributed by atoms with E-state index in [0.29, 0.717) is 34.8 Å². The van der Waals surface area contributed by atoms with Crippen LogP contribution in [0.4, 0.5) is 13.2 Å². The largest absolute Gasteiger partial charge is 0.393 e. The average molecular weight is 350 g/mol. The fourth-order valence-corrected chi connectivity index (χ4v) is 3.83. The van der Waals surface area contributed by atoms with Crippen molar-refractivity contribution < 1.29 is 22.7 Å². The van der Waals surface area contributed by atoms with E-state index in [1.165, 1.54) is 18.4 Å². The lowest BCUT2D eigenvalue weighted by molar-refractivity contribution is -0.187. The van der Waals surface area contributed by atoms with Gasteiger partial charge in [0.1, 0.15) is 16.0 Å². The first kappa shape index (κ1) is 18.2. The number of aromatic nitrogens is 1. The normalized spacial score (nSPS) is 23.6. The van der Waals surface area contributed by atoms with E-state index in [0.717, 1.165) is 0 Å². The number of carbonyl (C=O) groups is 1. The topological polar surface area (TPSA) is 51.2 Å². The van der Waals surface area contributed by atoms with Crippen LogP contribution in [-0.4, -0.2) is 30.2 Å². The Labute approximate surface area is 137 Å². The van der Waals surface area contributed by atoms with Crippen LogP contribution in [0, 0.1) is 12.8 Å². The SMILES string of the molecule is COC(C)c1nc(C)c(C(=O)N[C@H]2CCCC[C@H]2C(F)(F)F)s1. The maximum absolute atomic E-state index is 13.1. The van der Waals surface area contributed by atoms with Crippen LogP contribution in [0.1, 0.15) is 59.1 Å². The molecule has 1 fully saturated rings. The summed E-state index contributed by atoms with van der Waals surface area (Å²) >= 11 is 1.17. The van der Waals surface area contributed by atoms with Gasteiger partial charge in [-0.3, -0.25) is 4.79 Å². The van der Waals surface area contributed by atoms with Gasteiger partial charge in [0.15, 0.2) is 0 Å². The van der Waals surface area contributed by atoms with E-state index in [2.05, 4.69) is 10.3 Å². The summed E-state index contributed by atoms with van der Waals surface area (Å²) in [6, 6.07) is -0.860. The molecule has 0 aliphatic heterocycles. The van der Waals surface area contributed by atoms with Crippen molar-refractivity contribution >= 4 is 17.2 Å². The molecule has 0 saturated heterocycles. The van der Waals surface area contributed by atoms with Gasteiger partial charge in [-0.1, -0.05) is 12.8 Å². The number of amides is 1. The number of methoxy groups -OCH3 is 1. The number of nitrogens with zero attached hydrogens (tertiary/aromatic N) is 1. The quantitative estimate of drug-likeness (QED) is 0.893. The summed E-state index contributed by atoms with van der Waals surface area (Å²) in [5.41, 5.74) is 0.519. The number of halogens is 3. The predicted octanol–water partition coefficient (Wildman–Crippen LogP) is 4.01. The first-order chi connectivity index (χ1) is 10.7. The Morgan fingerprint density at radius 1 is 1.39 bits per heavy atom. The van der Waals surface area contributed by atoms with Crippen LogP contribution in [0.2, 0.25) is 0 Å². The summed E-state index contributed by atoms with van der Waals surface area (Å²) in [7, 11) is 1.54. The zero-order valence-corrected chi connectivity index (χ0v) is 14.2. The first-order valence-corrected chi connectivity index (χ1v) is 8.43. The molecule has 3 atom stereocenters. The second-order valence-electron chi connectivity index (χ2n) is 5.86. The second-order valence-corrected chi connectivity index (χ2v) is 6.89. The minimum atomic E-state index is -4.28. The molecule has 1 aromatic heterocycles. The maximum Gasteiger partial charge on any atom is 0.393 e. The van der Waals surface area contributed by atoms with Crippen molar-refractivity contribution in [1.82, 2.24) is 10.3 Å². The smallest absolute Gasteiger partial charge is 0.375 e. The number of nitrogens with one attached hydrogen (secondary N) is 1. The van der Waals surface area contributed by atoms with E-state index in [9.17, 15) is 18.0 Å². The third kappa shape index (κ3) is 4.23. The van der Waals surface area contributed by atoms with Gasteiger partial charge in [0, 0.05) is 13.2 Å². The lowest BCUT2D eigenvalue weighted by Gasteiger charge is -2.33. The highest BCUT2D eigenvalue weighted by Gasteiger charge is 2.46. The van der Waals surface area contributed by atoms with Gasteiger partial charge in [-0.05, 0) is 26.7 Å². The zero-order chi connectivity index (χ0) is 17.2. The van der Waals surface area contributed by atoms with E-state index in [-0.39, 0.29) is 12.5 Å². The number of rotatable bonds is 4. The van der Waals surface area contributed by atoms with Crippen LogP contribution in [0.3, 0.4) is 0 Å². The summed E-state index contributed by atoms with van der Waals surface area (Å²) in [5.74, 6) is -1.94. The van der Waals surface area contributed by atoms with E-state index >= 15 is 0 Å². The summed E-state index contributed by atoms with van der Waals surface area (Å²) < 4.78 is 44.5. The molecule has 0 spiro atoms. The number of carbonyl (C=O) groups excluding carboxylic acids is 1. The van der Waals surface area contributed by atoms with Crippen LogP contribution in [0.15, 0.2) is 0 Å². The van der Waals surface area contributed by atoms with Crippen molar-refractivity contribution in [3.8, 4) is 0 Å². The molecule has 1 N–H and O–H groups in total. The Bertz CT molecular complexity index is 559. The van der Waals surface area contributed by atoms with Crippen molar-refractivity contribution in [3.63, 3.8) is 0 Å². The van der Waals surface area contributed by atoms with Gasteiger partial charge >= 0.3 is 6.18 Å². The molecule has 0 radical (unpaired) electrons. The highest BCUT2D eigenvalue weighted by Crippen LogP contribution is 2.38. The summed E-state index contributed by atoms with van der Waals surface area (Å²) in [5, 5.41) is 3.22. The standard InChI is InChI=1S/C15H21F3N2O2S/c1-8-12(23-14(19-8)9(2)22-3)13(21)20-11-7-5-4-6-10(11)15(16,17)18/h9-11H,4-7H2,1-3H3,(H,20,21)/t9?,10-,11+/m1/s1. The molecule has 23 heavy (non-hydrogen) atoms. The third-order valence-corrected chi connectivity index (χ3v) is 5.54. The van der Waals surface area contributed by atoms with E-state index in [4.69, 9.17) is 4.74 Å². The third-order valence-electron chi connectivity index (χ3n) is 4.22. The molecule has 2 rings (SSSR count). The van der Waals surface area contributed by atoms with Crippen molar-refractivity contribution in [2.75, 3.05) is 7.11 Å². The number of hydrogen-bond acceptors (Lipinski definition) is 4. The molecule has 1 aliphatic rings. The number of alkyl halides is 3. The zero-order valence-electron chi connectivity index (χ0n) is 13.4. The van der Waals surface area contributed by atoms with Gasteiger partial charge < -0.3 is 10.1 Å². The highest BCUT2D eigenvalue weighted by molar-refractivity contribution is 7.13. The molecule has 1 aromatic rings. The molecule has 1 aliphatic carbocycles. The van der Waals surface area contributed by atoms with Crippen LogP contribution < -0.4 is 5.32 Å². The molecule has 1 saturated carbocycles. The monoisotopic (exact) mass is 350 g/mol. The number of aryl methyl sites for hydroxylation is 1. The van der Waals surface area contributed by atoms with Crippen molar-refractivity contribution in [1.29, 1.82) is 0 Å². The Kier molecular flexibility index (Phi) is 5.67. The van der Waals surface area contributed by atoms with Gasteiger partial charge in [0.05, 0.1) is 11.6 Å². The van der Waals surface area contributed by atoms with Gasteiger partial charge in [0.25, 0.3) is 5.91 Å². The fourth-order valence-electron chi connectivity index (χ4n) is 2.83. The van der Waals surface area contributed by atoms with E-state index in [1.54, 1.807) is 13.8 Å². The van der Waals surface area contributed by atoms with Crippen LogP contribution >= 0.6 is 11.3 Å². The average Bonchev–Trinajstić information content (AvgIpc) is 2.88. The van der Waals surface area contributed by atoms with E-state index < -0.39 is 24.0 Å². The minimum absolute atomic E-state index is 0.0715. The molecule has 0 bridgehead atoms. The molecular weight excluding hydrogens is 329 g/mol. The van der Waals surface area contributed by atoms with Crippen molar-refractivity contribution in [2.24, 2.45) is 5.92 Å². The van der Waals surface area contributed by atoms with Crippen molar-refractivity contribution in [3.05, 3.63) is 15.6 Å². The summed E-state index contributed by atoms with van der Waals surface area (Å²) in [6.07, 6.45) is -2.86. The number of thiazole rings is 1. The molecular formula is C15H21F3N2O2S. The molecule has 130 valence electrons. The summed E-state index contributed by atoms with van der Waals surface area (Å²) in [6.45, 7) is 3.49. The Hall–Kier alpha value is -1.15. The molecule has 1 amide bonds. The van der Waals surface area contributed by atoms with E-state index in [1.807, 2.05) is 0 Å². The first-order valence-electron chi connectivity index (χ1n) is 7.61. The molecule has 8 heteroatoms. The molecule has 1 unspecified atom stereocenters. The second kappa shape index (κ2) is 7.17. The van der Waals surface area contributed by atoms with Gasteiger partial charge in [-0.15, -0.1) is 11.3 Å². The summed E-state index contributed by atoms with van der Waals surface area (Å²) in [4.78, 5) is 17.0. The van der Waals surface area contributed by atoms with Gasteiger partial charge in [-0.25, -0.2) is 4.98 Å². The van der Waals surface area contributed by atoms with Crippen LogP contribution in [0.25, 0.3) is 0 Å².